The number of carbonyl (C=O) groups is 1. The quantitative estimate of drug-likeness (QED) is 0.385. The second-order valence-corrected chi connectivity index (χ2v) is 7.46. The van der Waals surface area contributed by atoms with Crippen LogP contribution in [0.3, 0.4) is 0 Å². The minimum absolute atomic E-state index is 0.0871. The van der Waals surface area contributed by atoms with E-state index in [0.29, 0.717) is 31.1 Å². The lowest BCUT2D eigenvalue weighted by atomic mass is 9.91. The first-order valence-corrected chi connectivity index (χ1v) is 10.5. The van der Waals surface area contributed by atoms with Crippen LogP contribution in [0, 0.1) is 0 Å². The fourth-order valence-corrected chi connectivity index (χ4v) is 3.37. The minimum atomic E-state index is -1.10. The summed E-state index contributed by atoms with van der Waals surface area (Å²) >= 11 is 0. The molecule has 1 amide bonds. The van der Waals surface area contributed by atoms with E-state index in [-0.39, 0.29) is 25.7 Å². The number of aliphatic hydroxyl groups is 1. The van der Waals surface area contributed by atoms with Gasteiger partial charge in [0.05, 0.1) is 13.2 Å². The van der Waals surface area contributed by atoms with Gasteiger partial charge in [0, 0.05) is 39.2 Å². The fraction of sp³-hybridized carbons (Fsp3) is 0.417. The predicted octanol–water partition coefficient (Wildman–Crippen LogP) is 1.94. The van der Waals surface area contributed by atoms with Gasteiger partial charge in [-0.25, -0.2) is 4.99 Å². The van der Waals surface area contributed by atoms with Crippen molar-refractivity contribution in [3.8, 4) is 5.75 Å². The molecule has 3 rings (SSSR count). The molecule has 0 aromatic heterocycles. The van der Waals surface area contributed by atoms with Crippen molar-refractivity contribution in [1.29, 1.82) is 0 Å². The van der Waals surface area contributed by atoms with Gasteiger partial charge in [-0.1, -0.05) is 30.3 Å². The molecule has 8 heteroatoms. The molecule has 0 aliphatic carbocycles. The second-order valence-electron chi connectivity index (χ2n) is 7.46. The van der Waals surface area contributed by atoms with Crippen LogP contribution in [0.15, 0.2) is 59.6 Å². The number of nitrogens with one attached hydrogen (secondary N) is 1. The third kappa shape index (κ3) is 6.06. The lowest BCUT2D eigenvalue weighted by molar-refractivity contribution is -0.132. The van der Waals surface area contributed by atoms with Crippen molar-refractivity contribution in [3.63, 3.8) is 0 Å². The third-order valence-corrected chi connectivity index (χ3v) is 5.15. The summed E-state index contributed by atoms with van der Waals surface area (Å²) in [7, 11) is 3.04. The smallest absolute Gasteiger partial charge is 0.252 e. The number of aliphatic imine (C=N–C) groups is 1. The number of carbonyl (C=O) groups excluding carboxylic acids is 1. The molecule has 0 fully saturated rings. The summed E-state index contributed by atoms with van der Waals surface area (Å²) in [6.07, 6.45) is 0.426. The van der Waals surface area contributed by atoms with E-state index in [9.17, 15) is 4.79 Å². The number of aliphatic hydroxyl groups excluding tert-OH is 1. The van der Waals surface area contributed by atoms with Crippen molar-refractivity contribution < 1.29 is 28.8 Å². The largest absolute Gasteiger partial charge is 0.494 e. The molecule has 0 spiro atoms. The van der Waals surface area contributed by atoms with Gasteiger partial charge in [0.15, 0.2) is 11.8 Å². The van der Waals surface area contributed by atoms with E-state index in [1.54, 1.807) is 0 Å². The van der Waals surface area contributed by atoms with Crippen LogP contribution in [0.2, 0.25) is 0 Å². The van der Waals surface area contributed by atoms with Gasteiger partial charge >= 0.3 is 0 Å². The van der Waals surface area contributed by atoms with Crippen molar-refractivity contribution in [3.05, 3.63) is 65.7 Å². The summed E-state index contributed by atoms with van der Waals surface area (Å²) in [5, 5.41) is 11.8. The zero-order chi connectivity index (χ0) is 22.8. The van der Waals surface area contributed by atoms with Gasteiger partial charge in [-0.15, -0.1) is 0 Å². The molecule has 0 radical (unpaired) electrons. The minimum Gasteiger partial charge on any atom is -0.494 e. The first-order valence-electron chi connectivity index (χ1n) is 10.5. The van der Waals surface area contributed by atoms with Crippen LogP contribution in [0.1, 0.15) is 17.5 Å². The number of benzene rings is 2. The molecule has 2 aromatic rings. The average Bonchev–Trinajstić information content (AvgIpc) is 3.26. The Morgan fingerprint density at radius 3 is 2.53 bits per heavy atom. The monoisotopic (exact) mass is 442 g/mol. The Labute approximate surface area is 188 Å². The highest BCUT2D eigenvalue weighted by Crippen LogP contribution is 2.27. The van der Waals surface area contributed by atoms with Gasteiger partial charge in [-0.05, 0) is 29.8 Å². The zero-order valence-corrected chi connectivity index (χ0v) is 18.5. The molecule has 2 aromatic carbocycles. The van der Waals surface area contributed by atoms with Gasteiger partial charge in [0.25, 0.3) is 5.91 Å². The Morgan fingerprint density at radius 1 is 1.16 bits per heavy atom. The summed E-state index contributed by atoms with van der Waals surface area (Å²) in [5.41, 5.74) is 0.645. The van der Waals surface area contributed by atoms with E-state index in [4.69, 9.17) is 29.0 Å². The van der Waals surface area contributed by atoms with E-state index in [1.165, 1.54) is 14.2 Å². The van der Waals surface area contributed by atoms with Gasteiger partial charge in [0.2, 0.25) is 5.90 Å². The first kappa shape index (κ1) is 23.7. The maximum Gasteiger partial charge on any atom is 0.252 e. The van der Waals surface area contributed by atoms with Crippen LogP contribution < -0.4 is 10.1 Å². The van der Waals surface area contributed by atoms with Crippen LogP contribution in [-0.4, -0.2) is 69.3 Å². The molecule has 8 nitrogen and oxygen atoms in total. The Hall–Kier alpha value is -2.94. The number of nitrogens with zero attached hydrogens (tertiary/aromatic N) is 1. The Kier molecular flexibility index (Phi) is 8.61. The average molecular weight is 443 g/mol. The topological polar surface area (TPSA) is 98.6 Å². The van der Waals surface area contributed by atoms with Crippen molar-refractivity contribution >= 4 is 11.8 Å². The Balaban J connectivity index is 1.79. The number of rotatable bonds is 12. The number of methoxy groups -OCH3 is 2. The number of hydrogen-bond acceptors (Lipinski definition) is 7. The van der Waals surface area contributed by atoms with Gasteiger partial charge < -0.3 is 29.4 Å². The van der Waals surface area contributed by atoms with Crippen molar-refractivity contribution in [1.82, 2.24) is 5.32 Å². The summed E-state index contributed by atoms with van der Waals surface area (Å²) in [6.45, 7) is 0.858. The van der Waals surface area contributed by atoms with E-state index in [2.05, 4.69) is 5.32 Å². The van der Waals surface area contributed by atoms with Crippen molar-refractivity contribution in [2.24, 2.45) is 4.99 Å². The lowest BCUT2D eigenvalue weighted by Crippen LogP contribution is -2.50. The highest BCUT2D eigenvalue weighted by molar-refractivity contribution is 6.00. The maximum atomic E-state index is 13.2. The lowest BCUT2D eigenvalue weighted by Gasteiger charge is -2.24. The molecule has 0 bridgehead atoms. The Bertz CT molecular complexity index is 883. The Morgan fingerprint density at radius 2 is 1.88 bits per heavy atom. The molecule has 1 atom stereocenters. The van der Waals surface area contributed by atoms with Gasteiger partial charge in [0.1, 0.15) is 12.4 Å². The highest BCUT2D eigenvalue weighted by atomic mass is 16.7. The molecule has 1 aliphatic heterocycles. The summed E-state index contributed by atoms with van der Waals surface area (Å²) < 4.78 is 21.8. The predicted molar refractivity (Wildman–Crippen MR) is 120 cm³/mol. The molecule has 32 heavy (non-hydrogen) atoms. The van der Waals surface area contributed by atoms with E-state index in [1.807, 2.05) is 54.6 Å². The van der Waals surface area contributed by atoms with E-state index < -0.39 is 11.8 Å². The summed E-state index contributed by atoms with van der Waals surface area (Å²) in [6, 6.07) is 17.1. The maximum absolute atomic E-state index is 13.2. The SMILES string of the molecule is COC(CNC(=O)[C@@]1(Cc2ccccc2)COC(c2ccc(OCCCO)cc2)=N1)OC. The first-order chi connectivity index (χ1) is 15.6. The van der Waals surface area contributed by atoms with E-state index in [0.717, 1.165) is 11.1 Å². The van der Waals surface area contributed by atoms with Crippen LogP contribution in [-0.2, 0) is 25.4 Å². The van der Waals surface area contributed by atoms with Gasteiger partial charge in [-0.3, -0.25) is 4.79 Å². The van der Waals surface area contributed by atoms with Crippen LogP contribution in [0.25, 0.3) is 0 Å². The van der Waals surface area contributed by atoms with E-state index >= 15 is 0 Å². The molecular formula is C24H30N2O6. The molecule has 172 valence electrons. The molecule has 1 aliphatic rings. The molecule has 1 heterocycles. The highest BCUT2D eigenvalue weighted by Gasteiger charge is 2.44. The van der Waals surface area contributed by atoms with Crippen molar-refractivity contribution in [2.75, 3.05) is 40.6 Å². The number of hydrogen-bond donors (Lipinski definition) is 2. The van der Waals surface area contributed by atoms with Crippen LogP contribution in [0.5, 0.6) is 5.75 Å². The number of amides is 1. The summed E-state index contributed by atoms with van der Waals surface area (Å²) in [4.78, 5) is 18.0. The molecule has 0 saturated carbocycles. The fourth-order valence-electron chi connectivity index (χ4n) is 3.37. The summed E-state index contributed by atoms with van der Waals surface area (Å²) in [5.74, 6) is 0.853. The second kappa shape index (κ2) is 11.6. The normalized spacial score (nSPS) is 17.7. The standard InChI is InChI=1S/C24H30N2O6/c1-29-21(30-2)16-25-23(28)24(15-18-7-4-3-5-8-18)17-32-22(26-24)19-9-11-20(12-10-19)31-14-6-13-27/h3-5,7-12,21,27H,6,13-17H2,1-2H3,(H,25,28)/t24-/m1/s1. The van der Waals surface area contributed by atoms with Crippen molar-refractivity contribution in [2.45, 2.75) is 24.7 Å². The molecule has 2 N–H and O–H groups in total. The third-order valence-electron chi connectivity index (χ3n) is 5.15. The van der Waals surface area contributed by atoms with Crippen LogP contribution in [0.4, 0.5) is 0 Å². The molecule has 0 saturated heterocycles. The van der Waals surface area contributed by atoms with Gasteiger partial charge in [-0.2, -0.15) is 0 Å². The zero-order valence-electron chi connectivity index (χ0n) is 18.5. The molecule has 0 unspecified atom stereocenters. The number of ether oxygens (including phenoxy) is 4. The molecular weight excluding hydrogens is 412 g/mol. The van der Waals surface area contributed by atoms with Crippen LogP contribution >= 0.6 is 0 Å².